The first-order valence-corrected chi connectivity index (χ1v) is 12.3. The summed E-state index contributed by atoms with van der Waals surface area (Å²) in [6.45, 7) is 10.9. The molecule has 4 rings (SSSR count). The highest BCUT2D eigenvalue weighted by Crippen LogP contribution is 2.37. The van der Waals surface area contributed by atoms with Crippen molar-refractivity contribution >= 4 is 23.5 Å². The number of aryl methyl sites for hydroxylation is 1. The number of benzene rings is 2. The Morgan fingerprint density at radius 1 is 1.14 bits per heavy atom. The molecular formula is C28H32ClN3O3. The molecule has 1 N–H and O–H groups in total. The summed E-state index contributed by atoms with van der Waals surface area (Å²) in [5.74, 6) is 0.712. The topological polar surface area (TPSA) is 75.6 Å². The third-order valence-corrected chi connectivity index (χ3v) is 6.96. The van der Waals surface area contributed by atoms with Gasteiger partial charge in [0.2, 0.25) is 5.95 Å². The lowest BCUT2D eigenvalue weighted by molar-refractivity contribution is 0.0697. The van der Waals surface area contributed by atoms with Crippen molar-refractivity contribution in [3.05, 3.63) is 70.4 Å². The fraction of sp³-hybridized carbons (Fsp3) is 0.393. The summed E-state index contributed by atoms with van der Waals surface area (Å²) >= 11 is 6.00. The maximum absolute atomic E-state index is 12.1. The molecule has 0 bridgehead atoms. The highest BCUT2D eigenvalue weighted by atomic mass is 35.5. The quantitative estimate of drug-likeness (QED) is 0.414. The standard InChI is InChI=1S/C28H32ClN3O3/c1-18-5-10-22(24(15-18)35-17-19-6-8-21(29)9-7-19)25-23(26(33)34)16-30-27(31-25)32-13-11-20(12-14-32)28(2,3)4/h5-10,15-16,20H,11-14,17H2,1-4H3,(H,33,34). The molecule has 0 spiro atoms. The zero-order chi connectivity index (χ0) is 25.2. The molecule has 1 aromatic heterocycles. The van der Waals surface area contributed by atoms with E-state index in [0.717, 1.165) is 37.1 Å². The number of piperidine rings is 1. The summed E-state index contributed by atoms with van der Waals surface area (Å²) in [7, 11) is 0. The van der Waals surface area contributed by atoms with Crippen LogP contribution in [-0.4, -0.2) is 34.1 Å². The van der Waals surface area contributed by atoms with Gasteiger partial charge in [-0.25, -0.2) is 14.8 Å². The monoisotopic (exact) mass is 493 g/mol. The lowest BCUT2D eigenvalue weighted by Gasteiger charge is -2.38. The predicted octanol–water partition coefficient (Wildman–Crippen LogP) is 6.65. The molecule has 7 heteroatoms. The number of halogens is 1. The van der Waals surface area contributed by atoms with Gasteiger partial charge in [0.25, 0.3) is 0 Å². The minimum atomic E-state index is -1.07. The molecule has 1 aliphatic heterocycles. The third kappa shape index (κ3) is 5.93. The van der Waals surface area contributed by atoms with Gasteiger partial charge in [-0.15, -0.1) is 0 Å². The molecule has 0 atom stereocenters. The van der Waals surface area contributed by atoms with Crippen LogP contribution in [0.5, 0.6) is 5.75 Å². The summed E-state index contributed by atoms with van der Waals surface area (Å²) < 4.78 is 6.16. The molecule has 1 aliphatic rings. The van der Waals surface area contributed by atoms with E-state index in [2.05, 4.69) is 30.7 Å². The molecule has 0 saturated carbocycles. The minimum absolute atomic E-state index is 0.0542. The van der Waals surface area contributed by atoms with Crippen LogP contribution in [-0.2, 0) is 6.61 Å². The van der Waals surface area contributed by atoms with Crippen molar-refractivity contribution in [2.75, 3.05) is 18.0 Å². The fourth-order valence-electron chi connectivity index (χ4n) is 4.52. The predicted molar refractivity (Wildman–Crippen MR) is 139 cm³/mol. The van der Waals surface area contributed by atoms with Gasteiger partial charge in [0, 0.05) is 29.9 Å². The molecule has 0 unspecified atom stereocenters. The van der Waals surface area contributed by atoms with Crippen LogP contribution in [0.25, 0.3) is 11.3 Å². The molecule has 35 heavy (non-hydrogen) atoms. The van der Waals surface area contributed by atoms with Gasteiger partial charge in [-0.3, -0.25) is 0 Å². The molecule has 184 valence electrons. The van der Waals surface area contributed by atoms with Crippen LogP contribution in [0.2, 0.25) is 5.02 Å². The molecule has 3 aromatic rings. The van der Waals surface area contributed by atoms with Gasteiger partial charge in [-0.2, -0.15) is 0 Å². The van der Waals surface area contributed by atoms with E-state index in [1.165, 1.54) is 6.20 Å². The van der Waals surface area contributed by atoms with Crippen molar-refractivity contribution in [2.45, 2.75) is 47.1 Å². The van der Waals surface area contributed by atoms with Gasteiger partial charge >= 0.3 is 5.97 Å². The van der Waals surface area contributed by atoms with E-state index in [0.29, 0.717) is 40.5 Å². The van der Waals surface area contributed by atoms with Crippen molar-refractivity contribution in [1.82, 2.24) is 9.97 Å². The number of ether oxygens (including phenoxy) is 1. The Bertz CT molecular complexity index is 1200. The number of hydrogen-bond donors (Lipinski definition) is 1. The van der Waals surface area contributed by atoms with Crippen molar-refractivity contribution in [2.24, 2.45) is 11.3 Å². The maximum atomic E-state index is 12.1. The number of carboxylic acids is 1. The molecular weight excluding hydrogens is 462 g/mol. The van der Waals surface area contributed by atoms with E-state index in [1.807, 2.05) is 49.4 Å². The number of carbonyl (C=O) groups is 1. The first kappa shape index (κ1) is 25.0. The Labute approximate surface area is 211 Å². The van der Waals surface area contributed by atoms with Gasteiger partial charge < -0.3 is 14.7 Å². The lowest BCUT2D eigenvalue weighted by Crippen LogP contribution is -2.39. The van der Waals surface area contributed by atoms with Crippen molar-refractivity contribution in [1.29, 1.82) is 0 Å². The Balaban J connectivity index is 1.65. The summed E-state index contributed by atoms with van der Waals surface area (Å²) in [6, 6.07) is 13.2. The van der Waals surface area contributed by atoms with Gasteiger partial charge in [0.1, 0.15) is 17.9 Å². The smallest absolute Gasteiger partial charge is 0.339 e. The van der Waals surface area contributed by atoms with Gasteiger partial charge in [0.05, 0.1) is 5.69 Å². The normalized spacial score (nSPS) is 14.7. The molecule has 2 heterocycles. The van der Waals surface area contributed by atoms with Crippen LogP contribution in [0.15, 0.2) is 48.7 Å². The molecule has 0 radical (unpaired) electrons. The highest BCUT2D eigenvalue weighted by Gasteiger charge is 2.30. The van der Waals surface area contributed by atoms with E-state index in [1.54, 1.807) is 0 Å². The van der Waals surface area contributed by atoms with E-state index in [4.69, 9.17) is 21.3 Å². The summed E-state index contributed by atoms with van der Waals surface area (Å²) in [4.78, 5) is 23.4. The van der Waals surface area contributed by atoms with Crippen LogP contribution >= 0.6 is 11.6 Å². The van der Waals surface area contributed by atoms with Gasteiger partial charge in [0.15, 0.2) is 0 Å². The Kier molecular flexibility index (Phi) is 7.31. The molecule has 0 aliphatic carbocycles. The second kappa shape index (κ2) is 10.2. The number of rotatable bonds is 6. The summed E-state index contributed by atoms with van der Waals surface area (Å²) in [6.07, 6.45) is 3.53. The average molecular weight is 494 g/mol. The molecule has 1 fully saturated rings. The molecule has 6 nitrogen and oxygen atoms in total. The Morgan fingerprint density at radius 2 is 1.83 bits per heavy atom. The number of aromatic carboxylic acids is 1. The number of hydrogen-bond acceptors (Lipinski definition) is 5. The highest BCUT2D eigenvalue weighted by molar-refractivity contribution is 6.30. The maximum Gasteiger partial charge on any atom is 0.339 e. The Morgan fingerprint density at radius 3 is 2.46 bits per heavy atom. The van der Waals surface area contributed by atoms with E-state index in [-0.39, 0.29) is 11.0 Å². The number of carboxylic acid groups (broad SMARTS) is 1. The second-order valence-electron chi connectivity index (χ2n) is 10.3. The third-order valence-electron chi connectivity index (χ3n) is 6.71. The van der Waals surface area contributed by atoms with Crippen LogP contribution in [0.4, 0.5) is 5.95 Å². The largest absolute Gasteiger partial charge is 0.488 e. The second-order valence-corrected chi connectivity index (χ2v) is 10.7. The van der Waals surface area contributed by atoms with Crippen LogP contribution in [0.3, 0.4) is 0 Å². The van der Waals surface area contributed by atoms with Crippen LogP contribution < -0.4 is 9.64 Å². The number of nitrogens with zero attached hydrogens (tertiary/aromatic N) is 3. The first-order chi connectivity index (χ1) is 16.6. The average Bonchev–Trinajstić information content (AvgIpc) is 2.83. The SMILES string of the molecule is Cc1ccc(-c2nc(N3CCC(C(C)(C)C)CC3)ncc2C(=O)O)c(OCc2ccc(Cl)cc2)c1. The fourth-order valence-corrected chi connectivity index (χ4v) is 4.64. The summed E-state index contributed by atoms with van der Waals surface area (Å²) in [5.41, 5.74) is 3.30. The summed E-state index contributed by atoms with van der Waals surface area (Å²) in [5, 5.41) is 10.5. The van der Waals surface area contributed by atoms with E-state index >= 15 is 0 Å². The molecule has 1 saturated heterocycles. The first-order valence-electron chi connectivity index (χ1n) is 12.0. The Hall–Kier alpha value is -3.12. The van der Waals surface area contributed by atoms with Gasteiger partial charge in [-0.1, -0.05) is 50.6 Å². The van der Waals surface area contributed by atoms with Crippen molar-refractivity contribution in [3.8, 4) is 17.0 Å². The molecule has 0 amide bonds. The zero-order valence-corrected chi connectivity index (χ0v) is 21.5. The van der Waals surface area contributed by atoms with Crippen molar-refractivity contribution in [3.63, 3.8) is 0 Å². The van der Waals surface area contributed by atoms with Crippen LogP contribution in [0, 0.1) is 18.3 Å². The number of anilines is 1. The van der Waals surface area contributed by atoms with E-state index < -0.39 is 5.97 Å². The zero-order valence-electron chi connectivity index (χ0n) is 20.7. The van der Waals surface area contributed by atoms with E-state index in [9.17, 15) is 9.90 Å². The molecule has 2 aromatic carbocycles. The van der Waals surface area contributed by atoms with Crippen molar-refractivity contribution < 1.29 is 14.6 Å². The number of aromatic nitrogens is 2. The lowest BCUT2D eigenvalue weighted by atomic mass is 9.75. The van der Waals surface area contributed by atoms with Crippen LogP contribution in [0.1, 0.15) is 55.1 Å². The minimum Gasteiger partial charge on any atom is -0.488 e. The van der Waals surface area contributed by atoms with Gasteiger partial charge in [-0.05, 0) is 66.5 Å².